The Morgan fingerprint density at radius 1 is 1.09 bits per heavy atom. The summed E-state index contributed by atoms with van der Waals surface area (Å²) in [7, 11) is 0. The number of amides is 2. The van der Waals surface area contributed by atoms with Crippen LogP contribution < -0.4 is 10.6 Å². The molecule has 1 aromatic heterocycles. The van der Waals surface area contributed by atoms with Gasteiger partial charge >= 0.3 is 0 Å². The topological polar surface area (TPSA) is 76.3 Å². The lowest BCUT2D eigenvalue weighted by molar-refractivity contribution is -0.118. The molecule has 112 valence electrons. The zero-order valence-electron chi connectivity index (χ0n) is 12.1. The van der Waals surface area contributed by atoms with Crippen LogP contribution in [0.2, 0.25) is 0 Å². The van der Waals surface area contributed by atoms with Gasteiger partial charge < -0.3 is 10.6 Å². The number of nitrogens with two attached hydrogens (primary N) is 1. The molecule has 0 atom stereocenters. The molecule has 0 spiro atoms. The highest BCUT2D eigenvalue weighted by atomic mass is 16.2. The van der Waals surface area contributed by atoms with E-state index in [4.69, 9.17) is 5.73 Å². The maximum Gasteiger partial charge on any atom is 0.251 e. The molecule has 2 aromatic rings. The summed E-state index contributed by atoms with van der Waals surface area (Å²) in [6.45, 7) is 0.241. The quantitative estimate of drug-likeness (QED) is 0.828. The summed E-state index contributed by atoms with van der Waals surface area (Å²) in [6.07, 6.45) is 4.85. The van der Waals surface area contributed by atoms with E-state index >= 15 is 0 Å². The number of para-hydroxylation sites is 1. The zero-order chi connectivity index (χ0) is 15.8. The molecule has 0 aliphatic carbocycles. The molecule has 1 aromatic carbocycles. The number of benzene rings is 1. The van der Waals surface area contributed by atoms with Crippen molar-refractivity contribution in [3.63, 3.8) is 0 Å². The SMILES string of the molecule is NC(=O)CCN(C(=O)C=Cc1ccccn1)c1ccccc1. The maximum atomic E-state index is 12.4. The third-order valence-corrected chi connectivity index (χ3v) is 3.00. The van der Waals surface area contributed by atoms with Crippen molar-refractivity contribution in [2.24, 2.45) is 5.73 Å². The van der Waals surface area contributed by atoms with Crippen LogP contribution in [0.25, 0.3) is 6.08 Å². The minimum absolute atomic E-state index is 0.109. The van der Waals surface area contributed by atoms with Crippen LogP contribution in [0.5, 0.6) is 0 Å². The van der Waals surface area contributed by atoms with E-state index in [0.717, 1.165) is 5.69 Å². The molecule has 0 aliphatic heterocycles. The first kappa shape index (κ1) is 15.4. The van der Waals surface area contributed by atoms with Gasteiger partial charge in [0.2, 0.25) is 5.91 Å². The van der Waals surface area contributed by atoms with Crippen molar-refractivity contribution in [1.82, 2.24) is 4.98 Å². The van der Waals surface area contributed by atoms with Gasteiger partial charge in [0.25, 0.3) is 5.91 Å². The van der Waals surface area contributed by atoms with Crippen LogP contribution in [0.4, 0.5) is 5.69 Å². The van der Waals surface area contributed by atoms with Crippen molar-refractivity contribution in [3.8, 4) is 0 Å². The first-order valence-electron chi connectivity index (χ1n) is 6.91. The van der Waals surface area contributed by atoms with E-state index < -0.39 is 5.91 Å². The third-order valence-electron chi connectivity index (χ3n) is 3.00. The van der Waals surface area contributed by atoms with Gasteiger partial charge in [-0.1, -0.05) is 24.3 Å². The Hall–Kier alpha value is -2.95. The number of nitrogens with zero attached hydrogens (tertiary/aromatic N) is 2. The van der Waals surface area contributed by atoms with E-state index in [2.05, 4.69) is 4.98 Å². The monoisotopic (exact) mass is 295 g/mol. The molecule has 2 amide bonds. The Labute approximate surface area is 129 Å². The summed E-state index contributed by atoms with van der Waals surface area (Å²) >= 11 is 0. The van der Waals surface area contributed by atoms with Crippen molar-refractivity contribution in [1.29, 1.82) is 0 Å². The number of carbonyl (C=O) groups excluding carboxylic acids is 2. The van der Waals surface area contributed by atoms with Crippen LogP contribution >= 0.6 is 0 Å². The number of hydrogen-bond donors (Lipinski definition) is 1. The predicted molar refractivity (Wildman–Crippen MR) is 85.9 cm³/mol. The molecule has 0 bridgehead atoms. The highest BCUT2D eigenvalue weighted by Gasteiger charge is 2.13. The van der Waals surface area contributed by atoms with Gasteiger partial charge in [-0.05, 0) is 30.3 Å². The Bertz CT molecular complexity index is 654. The van der Waals surface area contributed by atoms with Crippen molar-refractivity contribution in [3.05, 3.63) is 66.5 Å². The second kappa shape index (κ2) is 7.73. The Morgan fingerprint density at radius 2 is 1.82 bits per heavy atom. The standard InChI is InChI=1S/C17H17N3O2/c18-16(21)11-13-20(15-7-2-1-3-8-15)17(22)10-9-14-6-4-5-12-19-14/h1-10,12H,11,13H2,(H2,18,21). The molecule has 5 heteroatoms. The van der Waals surface area contributed by atoms with Gasteiger partial charge in [0.05, 0.1) is 5.69 Å². The lowest BCUT2D eigenvalue weighted by Crippen LogP contribution is -2.32. The number of rotatable bonds is 6. The fraction of sp³-hybridized carbons (Fsp3) is 0.118. The van der Waals surface area contributed by atoms with E-state index in [-0.39, 0.29) is 18.9 Å². The highest BCUT2D eigenvalue weighted by Crippen LogP contribution is 2.14. The summed E-state index contributed by atoms with van der Waals surface area (Å²) in [5, 5.41) is 0. The molecule has 0 saturated carbocycles. The van der Waals surface area contributed by atoms with E-state index in [9.17, 15) is 9.59 Å². The largest absolute Gasteiger partial charge is 0.370 e. The normalized spacial score (nSPS) is 10.5. The minimum Gasteiger partial charge on any atom is -0.370 e. The fourth-order valence-electron chi connectivity index (χ4n) is 1.92. The van der Waals surface area contributed by atoms with Crippen LogP contribution in [0.15, 0.2) is 60.8 Å². The number of carbonyl (C=O) groups is 2. The van der Waals surface area contributed by atoms with Crippen molar-refractivity contribution in [2.75, 3.05) is 11.4 Å². The fourth-order valence-corrected chi connectivity index (χ4v) is 1.92. The van der Waals surface area contributed by atoms with Crippen LogP contribution in [0.1, 0.15) is 12.1 Å². The zero-order valence-corrected chi connectivity index (χ0v) is 12.1. The molecular weight excluding hydrogens is 278 g/mol. The minimum atomic E-state index is -0.442. The second-order valence-electron chi connectivity index (χ2n) is 4.63. The summed E-state index contributed by atoms with van der Waals surface area (Å²) in [5.74, 6) is -0.666. The highest BCUT2D eigenvalue weighted by molar-refractivity contribution is 6.04. The van der Waals surface area contributed by atoms with Gasteiger partial charge in [0.15, 0.2) is 0 Å². The first-order chi connectivity index (χ1) is 10.7. The van der Waals surface area contributed by atoms with Crippen LogP contribution in [-0.4, -0.2) is 23.3 Å². The Balaban J connectivity index is 2.15. The number of primary amides is 1. The predicted octanol–water partition coefficient (Wildman–Crippen LogP) is 2.00. The van der Waals surface area contributed by atoms with Gasteiger partial charge in [-0.3, -0.25) is 14.6 Å². The second-order valence-corrected chi connectivity index (χ2v) is 4.63. The molecule has 1 heterocycles. The van der Waals surface area contributed by atoms with Crippen molar-refractivity contribution < 1.29 is 9.59 Å². The van der Waals surface area contributed by atoms with E-state index in [1.54, 1.807) is 18.3 Å². The lowest BCUT2D eigenvalue weighted by atomic mass is 10.2. The van der Waals surface area contributed by atoms with Crippen LogP contribution in [-0.2, 0) is 9.59 Å². The van der Waals surface area contributed by atoms with Gasteiger partial charge in [-0.15, -0.1) is 0 Å². The summed E-state index contributed by atoms with van der Waals surface area (Å²) < 4.78 is 0. The molecule has 0 aliphatic rings. The molecule has 2 N–H and O–H groups in total. The van der Waals surface area contributed by atoms with Crippen molar-refractivity contribution >= 4 is 23.6 Å². The van der Waals surface area contributed by atoms with E-state index in [1.807, 2.05) is 42.5 Å². The molecule has 0 unspecified atom stereocenters. The third kappa shape index (κ3) is 4.56. The van der Waals surface area contributed by atoms with Crippen molar-refractivity contribution in [2.45, 2.75) is 6.42 Å². The van der Waals surface area contributed by atoms with Gasteiger partial charge in [-0.2, -0.15) is 0 Å². The smallest absolute Gasteiger partial charge is 0.251 e. The van der Waals surface area contributed by atoms with Gasteiger partial charge in [0, 0.05) is 30.9 Å². The average molecular weight is 295 g/mol. The average Bonchev–Trinajstić information content (AvgIpc) is 2.55. The lowest BCUT2D eigenvalue weighted by Gasteiger charge is -2.20. The summed E-state index contributed by atoms with van der Waals surface area (Å²) in [4.78, 5) is 29.0. The molecule has 0 saturated heterocycles. The van der Waals surface area contributed by atoms with Gasteiger partial charge in [0.1, 0.15) is 0 Å². The number of aromatic nitrogens is 1. The molecular formula is C17H17N3O2. The maximum absolute atomic E-state index is 12.4. The molecule has 22 heavy (non-hydrogen) atoms. The molecule has 0 fully saturated rings. The Kier molecular flexibility index (Phi) is 5.43. The van der Waals surface area contributed by atoms with E-state index in [1.165, 1.54) is 11.0 Å². The summed E-state index contributed by atoms with van der Waals surface area (Å²) in [5.41, 5.74) is 6.59. The molecule has 2 rings (SSSR count). The summed E-state index contributed by atoms with van der Waals surface area (Å²) in [6, 6.07) is 14.6. The first-order valence-corrected chi connectivity index (χ1v) is 6.91. The van der Waals surface area contributed by atoms with E-state index in [0.29, 0.717) is 5.69 Å². The van der Waals surface area contributed by atoms with Crippen LogP contribution in [0, 0.1) is 0 Å². The molecule has 5 nitrogen and oxygen atoms in total. The number of pyridine rings is 1. The number of anilines is 1. The molecule has 0 radical (unpaired) electrons. The van der Waals surface area contributed by atoms with Crippen LogP contribution in [0.3, 0.4) is 0 Å². The number of hydrogen-bond acceptors (Lipinski definition) is 3. The van der Waals surface area contributed by atoms with Gasteiger partial charge in [-0.25, -0.2) is 0 Å². The Morgan fingerprint density at radius 3 is 2.45 bits per heavy atom.